The Balaban J connectivity index is 0.000000320. The number of aliphatic hydroxyl groups is 1. The molecule has 1 aliphatic rings. The van der Waals surface area contributed by atoms with Gasteiger partial charge in [-0.05, 0) is 43.9 Å². The van der Waals surface area contributed by atoms with E-state index in [1.165, 1.54) is 47.4 Å². The van der Waals surface area contributed by atoms with E-state index in [4.69, 9.17) is 14.5 Å². The predicted octanol–water partition coefficient (Wildman–Crippen LogP) is 7.58. The van der Waals surface area contributed by atoms with Crippen molar-refractivity contribution in [3.8, 4) is 11.3 Å². The number of carbonyl (C=O) groups is 1. The zero-order valence-corrected chi connectivity index (χ0v) is 22.7. The van der Waals surface area contributed by atoms with Crippen LogP contribution in [0.1, 0.15) is 44.4 Å². The Morgan fingerprint density at radius 3 is 2.46 bits per heavy atom. The second-order valence-corrected chi connectivity index (χ2v) is 9.48. The molecule has 0 atom stereocenters. The van der Waals surface area contributed by atoms with E-state index in [1.807, 2.05) is 12.3 Å². The van der Waals surface area contributed by atoms with Crippen LogP contribution >= 0.6 is 0 Å². The SMILES string of the molecule is CC(=O)/C=C(/C)O.Cc1ccc2[c-]c3c(cc2c1)C(C)(C)c1cccc2oc4ccnc-3c4c12.[Ir]. The fourth-order valence-corrected chi connectivity index (χ4v) is 4.94. The van der Waals surface area contributed by atoms with E-state index in [2.05, 4.69) is 69.3 Å². The maximum atomic E-state index is 10.0. The summed E-state index contributed by atoms with van der Waals surface area (Å²) in [7, 11) is 0. The number of pyridine rings is 1. The molecule has 0 saturated heterocycles. The van der Waals surface area contributed by atoms with Crippen LogP contribution in [-0.4, -0.2) is 15.9 Å². The Bertz CT molecular complexity index is 1640. The Hall–Kier alpha value is -3.27. The van der Waals surface area contributed by atoms with Gasteiger partial charge in [0.2, 0.25) is 0 Å². The monoisotopic (exact) mass is 641 g/mol. The summed E-state index contributed by atoms with van der Waals surface area (Å²) < 4.78 is 6.17. The number of rotatable bonds is 1. The number of ketones is 1. The van der Waals surface area contributed by atoms with E-state index in [-0.39, 0.29) is 37.1 Å². The number of furan rings is 1. The van der Waals surface area contributed by atoms with Crippen LogP contribution in [0.2, 0.25) is 0 Å². The molecule has 0 aliphatic heterocycles. The van der Waals surface area contributed by atoms with Crippen LogP contribution in [0.25, 0.3) is 44.0 Å². The average molecular weight is 641 g/mol. The standard InChI is InChI=1S/C25H18NO.C5H8O2.Ir/c1-14-7-8-15-12-17-19(13-16(15)11-14)25(2,3)18-5-4-6-20-22(18)23-21(27-20)9-10-26-24(17)23;1-4(6)3-5(2)7;/h4-11,13H,1-3H3;3,6H,1-2H3;/q-1;;/b;4-3-;. The molecule has 5 heteroatoms. The molecular weight excluding hydrogens is 615 g/mol. The van der Waals surface area contributed by atoms with Crippen LogP contribution in [0.4, 0.5) is 0 Å². The van der Waals surface area contributed by atoms with Gasteiger partial charge in [-0.15, -0.1) is 23.6 Å². The number of benzene rings is 3. The van der Waals surface area contributed by atoms with Gasteiger partial charge in [0.05, 0.1) is 5.76 Å². The minimum Gasteiger partial charge on any atom is -0.512 e. The summed E-state index contributed by atoms with van der Waals surface area (Å²) in [4.78, 5) is 14.8. The normalized spacial score (nSPS) is 13.7. The topological polar surface area (TPSA) is 63.3 Å². The molecule has 2 heterocycles. The van der Waals surface area contributed by atoms with Crippen molar-refractivity contribution in [2.75, 3.05) is 0 Å². The molecule has 1 aliphatic carbocycles. The van der Waals surface area contributed by atoms with Crippen LogP contribution in [0, 0.1) is 13.0 Å². The summed E-state index contributed by atoms with van der Waals surface area (Å²) in [5.74, 6) is -0.0625. The second-order valence-electron chi connectivity index (χ2n) is 9.48. The van der Waals surface area contributed by atoms with E-state index in [1.54, 1.807) is 0 Å². The van der Waals surface area contributed by atoms with Gasteiger partial charge in [-0.1, -0.05) is 60.2 Å². The first kappa shape index (κ1) is 24.8. The summed E-state index contributed by atoms with van der Waals surface area (Å²) in [6, 6.07) is 20.9. The molecule has 35 heavy (non-hydrogen) atoms. The van der Waals surface area contributed by atoms with E-state index >= 15 is 0 Å². The van der Waals surface area contributed by atoms with Gasteiger partial charge in [-0.3, -0.25) is 9.78 Å². The van der Waals surface area contributed by atoms with Gasteiger partial charge in [0, 0.05) is 48.8 Å². The maximum absolute atomic E-state index is 10.0. The van der Waals surface area contributed by atoms with Gasteiger partial charge in [-0.2, -0.15) is 0 Å². The molecule has 179 valence electrons. The van der Waals surface area contributed by atoms with E-state index < -0.39 is 0 Å². The Labute approximate surface area is 218 Å². The van der Waals surface area contributed by atoms with E-state index in [0.717, 1.165) is 33.2 Å². The van der Waals surface area contributed by atoms with Gasteiger partial charge in [-0.25, -0.2) is 0 Å². The van der Waals surface area contributed by atoms with Crippen molar-refractivity contribution in [1.82, 2.24) is 4.98 Å². The smallest absolute Gasteiger partial charge is 0.155 e. The summed E-state index contributed by atoms with van der Waals surface area (Å²) in [5, 5.41) is 13.0. The molecule has 5 aromatic rings. The predicted molar refractivity (Wildman–Crippen MR) is 137 cm³/mol. The fourth-order valence-electron chi connectivity index (χ4n) is 4.94. The average Bonchev–Trinajstić information content (AvgIpc) is 3.13. The Morgan fingerprint density at radius 2 is 1.77 bits per heavy atom. The van der Waals surface area contributed by atoms with Gasteiger partial charge in [0.1, 0.15) is 11.2 Å². The third-order valence-corrected chi connectivity index (χ3v) is 6.44. The summed E-state index contributed by atoms with van der Waals surface area (Å²) in [6.45, 7) is 9.57. The van der Waals surface area contributed by atoms with E-state index in [0.29, 0.717) is 0 Å². The Morgan fingerprint density at radius 1 is 1.03 bits per heavy atom. The molecule has 4 nitrogen and oxygen atoms in total. The maximum Gasteiger partial charge on any atom is 0.155 e. The molecule has 0 spiro atoms. The van der Waals surface area contributed by atoms with Crippen molar-refractivity contribution in [2.45, 2.75) is 40.0 Å². The van der Waals surface area contributed by atoms with Crippen molar-refractivity contribution in [1.29, 1.82) is 0 Å². The number of hydrogen-bond donors (Lipinski definition) is 1. The summed E-state index contributed by atoms with van der Waals surface area (Å²) in [6.07, 6.45) is 3.01. The molecule has 0 saturated carbocycles. The van der Waals surface area contributed by atoms with Crippen LogP contribution in [0.3, 0.4) is 0 Å². The molecular formula is C30H26IrNO3-. The Kier molecular flexibility index (Phi) is 6.44. The molecule has 3 aromatic carbocycles. The first-order valence-electron chi connectivity index (χ1n) is 11.3. The van der Waals surface area contributed by atoms with Crippen LogP contribution in [0.5, 0.6) is 0 Å². The molecule has 0 bridgehead atoms. The minimum absolute atomic E-state index is 0. The van der Waals surface area contributed by atoms with Gasteiger partial charge >= 0.3 is 0 Å². The van der Waals surface area contributed by atoms with Crippen LogP contribution in [-0.2, 0) is 30.3 Å². The zero-order chi connectivity index (χ0) is 24.2. The molecule has 0 fully saturated rings. The number of aromatic nitrogens is 1. The third kappa shape index (κ3) is 4.20. The number of aliphatic hydroxyl groups excluding tert-OH is 1. The van der Waals surface area contributed by atoms with Crippen LogP contribution < -0.4 is 0 Å². The molecule has 1 radical (unpaired) electrons. The van der Waals surface area contributed by atoms with Crippen molar-refractivity contribution < 1.29 is 34.4 Å². The van der Waals surface area contributed by atoms with Gasteiger partial charge in [0.25, 0.3) is 0 Å². The molecule has 2 aromatic heterocycles. The molecule has 0 amide bonds. The third-order valence-electron chi connectivity index (χ3n) is 6.44. The van der Waals surface area contributed by atoms with Gasteiger partial charge in [0.15, 0.2) is 5.78 Å². The molecule has 6 rings (SSSR count). The number of carbonyl (C=O) groups excluding carboxylic acids is 1. The van der Waals surface area contributed by atoms with Crippen LogP contribution in [0.15, 0.2) is 71.0 Å². The van der Waals surface area contributed by atoms with Crippen molar-refractivity contribution in [3.63, 3.8) is 0 Å². The number of aryl methyl sites for hydroxylation is 1. The van der Waals surface area contributed by atoms with Crippen molar-refractivity contribution in [3.05, 3.63) is 89.3 Å². The number of fused-ring (bicyclic) bond motifs is 3. The first-order chi connectivity index (χ1) is 16.2. The molecule has 0 unspecified atom stereocenters. The minimum atomic E-state index is -0.180. The summed E-state index contributed by atoms with van der Waals surface area (Å²) in [5.41, 5.74) is 7.52. The second kappa shape index (κ2) is 9.07. The summed E-state index contributed by atoms with van der Waals surface area (Å²) >= 11 is 0. The van der Waals surface area contributed by atoms with Crippen molar-refractivity contribution in [2.24, 2.45) is 0 Å². The number of hydrogen-bond acceptors (Lipinski definition) is 4. The quantitative estimate of drug-likeness (QED) is 0.117. The first-order valence-corrected chi connectivity index (χ1v) is 11.3. The number of nitrogens with zero attached hydrogens (tertiary/aromatic N) is 1. The number of allylic oxidation sites excluding steroid dienone is 2. The fraction of sp³-hybridized carbons (Fsp3) is 0.200. The largest absolute Gasteiger partial charge is 0.512 e. The molecule has 1 N–H and O–H groups in total. The zero-order valence-electron chi connectivity index (χ0n) is 20.3. The van der Waals surface area contributed by atoms with E-state index in [9.17, 15) is 4.79 Å². The van der Waals surface area contributed by atoms with Crippen molar-refractivity contribution >= 4 is 38.5 Å². The van der Waals surface area contributed by atoms with Gasteiger partial charge < -0.3 is 9.52 Å².